The zero-order chi connectivity index (χ0) is 13.4. The monoisotopic (exact) mass is 249 g/mol. The van der Waals surface area contributed by atoms with Gasteiger partial charge in [0.2, 0.25) is 0 Å². The average molecular weight is 249 g/mol. The van der Waals surface area contributed by atoms with Crippen molar-refractivity contribution >= 4 is 12.2 Å². The summed E-state index contributed by atoms with van der Waals surface area (Å²) in [4.78, 5) is 11.2. The summed E-state index contributed by atoms with van der Waals surface area (Å²) >= 11 is 0. The number of aliphatic hydroxyl groups is 1. The summed E-state index contributed by atoms with van der Waals surface area (Å²) in [6.07, 6.45) is 2.99. The standard InChI is InChI=1S/C14H19NO3/c1-3-13(16)12(15-14(17)18-2)10-9-11-7-5-4-6-8-11/h4-10,12-13,16H,3H2,1-2H3,(H,15,17)/b10-9+/t12-,13+/m1/s1. The third kappa shape index (κ3) is 4.59. The van der Waals surface area contributed by atoms with Gasteiger partial charge in [-0.2, -0.15) is 0 Å². The molecule has 1 aromatic carbocycles. The Morgan fingerprint density at radius 2 is 2.11 bits per heavy atom. The highest BCUT2D eigenvalue weighted by atomic mass is 16.5. The molecule has 2 atom stereocenters. The molecule has 0 fully saturated rings. The highest BCUT2D eigenvalue weighted by Gasteiger charge is 2.16. The Morgan fingerprint density at radius 3 is 2.67 bits per heavy atom. The zero-order valence-electron chi connectivity index (χ0n) is 10.7. The minimum absolute atomic E-state index is 0.456. The van der Waals surface area contributed by atoms with Crippen LogP contribution in [0.3, 0.4) is 0 Å². The molecule has 0 spiro atoms. The van der Waals surface area contributed by atoms with Crippen LogP contribution in [0.5, 0.6) is 0 Å². The van der Waals surface area contributed by atoms with E-state index in [2.05, 4.69) is 10.1 Å². The number of carbonyl (C=O) groups excluding carboxylic acids is 1. The number of ether oxygens (including phenoxy) is 1. The number of alkyl carbamates (subject to hydrolysis) is 1. The van der Waals surface area contributed by atoms with Crippen molar-refractivity contribution in [2.75, 3.05) is 7.11 Å². The van der Waals surface area contributed by atoms with Crippen LogP contribution in [-0.2, 0) is 4.74 Å². The molecule has 0 aromatic heterocycles. The summed E-state index contributed by atoms with van der Waals surface area (Å²) in [5.74, 6) is 0. The molecular weight excluding hydrogens is 230 g/mol. The van der Waals surface area contributed by atoms with Crippen molar-refractivity contribution in [2.24, 2.45) is 0 Å². The number of amides is 1. The maximum absolute atomic E-state index is 11.2. The minimum Gasteiger partial charge on any atom is -0.453 e. The van der Waals surface area contributed by atoms with Crippen molar-refractivity contribution in [2.45, 2.75) is 25.5 Å². The maximum Gasteiger partial charge on any atom is 0.407 e. The summed E-state index contributed by atoms with van der Waals surface area (Å²) in [7, 11) is 1.30. The van der Waals surface area contributed by atoms with Gasteiger partial charge in [0.15, 0.2) is 0 Å². The first kappa shape index (κ1) is 14.3. The van der Waals surface area contributed by atoms with Crippen molar-refractivity contribution in [1.29, 1.82) is 0 Å². The van der Waals surface area contributed by atoms with Crippen LogP contribution in [0, 0.1) is 0 Å². The molecule has 1 rings (SSSR count). The minimum atomic E-state index is -0.635. The highest BCUT2D eigenvalue weighted by Crippen LogP contribution is 2.06. The molecule has 0 saturated carbocycles. The largest absolute Gasteiger partial charge is 0.453 e. The van der Waals surface area contributed by atoms with Crippen molar-refractivity contribution in [3.05, 3.63) is 42.0 Å². The van der Waals surface area contributed by atoms with E-state index in [9.17, 15) is 9.90 Å². The summed E-state index contributed by atoms with van der Waals surface area (Å²) in [6, 6.07) is 9.23. The van der Waals surface area contributed by atoms with E-state index in [1.165, 1.54) is 7.11 Å². The van der Waals surface area contributed by atoms with Gasteiger partial charge in [-0.15, -0.1) is 0 Å². The van der Waals surface area contributed by atoms with Crippen LogP contribution in [-0.4, -0.2) is 30.5 Å². The molecule has 0 bridgehead atoms. The first-order valence-electron chi connectivity index (χ1n) is 5.93. The molecule has 0 heterocycles. The van der Waals surface area contributed by atoms with Gasteiger partial charge >= 0.3 is 6.09 Å². The first-order valence-corrected chi connectivity index (χ1v) is 5.93. The van der Waals surface area contributed by atoms with Crippen LogP contribution in [0.15, 0.2) is 36.4 Å². The lowest BCUT2D eigenvalue weighted by atomic mass is 10.1. The van der Waals surface area contributed by atoms with E-state index in [-0.39, 0.29) is 0 Å². The number of benzene rings is 1. The third-order valence-electron chi connectivity index (χ3n) is 2.60. The van der Waals surface area contributed by atoms with Gasteiger partial charge in [0.1, 0.15) is 0 Å². The lowest BCUT2D eigenvalue weighted by molar-refractivity contribution is 0.125. The second-order valence-corrected chi connectivity index (χ2v) is 3.91. The van der Waals surface area contributed by atoms with Gasteiger partial charge in [-0.1, -0.05) is 49.4 Å². The van der Waals surface area contributed by atoms with Gasteiger partial charge in [-0.25, -0.2) is 4.79 Å². The van der Waals surface area contributed by atoms with E-state index < -0.39 is 18.2 Å². The molecule has 1 aromatic rings. The van der Waals surface area contributed by atoms with Gasteiger partial charge in [0, 0.05) is 0 Å². The van der Waals surface area contributed by atoms with Crippen LogP contribution in [0.2, 0.25) is 0 Å². The number of carbonyl (C=O) groups is 1. The summed E-state index contributed by atoms with van der Waals surface area (Å²) < 4.78 is 4.53. The lowest BCUT2D eigenvalue weighted by Gasteiger charge is -2.19. The second-order valence-electron chi connectivity index (χ2n) is 3.91. The van der Waals surface area contributed by atoms with Gasteiger partial charge in [-0.05, 0) is 12.0 Å². The van der Waals surface area contributed by atoms with Crippen LogP contribution in [0.25, 0.3) is 6.08 Å². The molecule has 0 aliphatic carbocycles. The smallest absolute Gasteiger partial charge is 0.407 e. The Kier molecular flexibility index (Phi) is 5.94. The lowest BCUT2D eigenvalue weighted by Crippen LogP contribution is -2.41. The van der Waals surface area contributed by atoms with Crippen LogP contribution in [0.4, 0.5) is 4.79 Å². The molecule has 0 radical (unpaired) electrons. The average Bonchev–Trinajstić information content (AvgIpc) is 2.43. The number of aliphatic hydroxyl groups excluding tert-OH is 1. The van der Waals surface area contributed by atoms with Crippen molar-refractivity contribution in [1.82, 2.24) is 5.32 Å². The predicted octanol–water partition coefficient (Wildman–Crippen LogP) is 2.20. The van der Waals surface area contributed by atoms with E-state index in [1.807, 2.05) is 43.3 Å². The quantitative estimate of drug-likeness (QED) is 0.841. The fourth-order valence-corrected chi connectivity index (χ4v) is 1.50. The van der Waals surface area contributed by atoms with Crippen LogP contribution in [0.1, 0.15) is 18.9 Å². The van der Waals surface area contributed by atoms with E-state index in [0.717, 1.165) is 5.56 Å². The Bertz CT molecular complexity index is 389. The number of rotatable bonds is 5. The normalized spacial score (nSPS) is 14.2. The number of methoxy groups -OCH3 is 1. The topological polar surface area (TPSA) is 58.6 Å². The highest BCUT2D eigenvalue weighted by molar-refractivity contribution is 5.68. The van der Waals surface area contributed by atoms with E-state index in [1.54, 1.807) is 6.08 Å². The fourth-order valence-electron chi connectivity index (χ4n) is 1.50. The number of hydrogen-bond acceptors (Lipinski definition) is 3. The van der Waals surface area contributed by atoms with Gasteiger partial charge in [-0.3, -0.25) is 0 Å². The molecule has 1 amide bonds. The molecule has 18 heavy (non-hydrogen) atoms. The van der Waals surface area contributed by atoms with Crippen molar-refractivity contribution in [3.8, 4) is 0 Å². The van der Waals surface area contributed by atoms with Gasteiger partial charge in [0.25, 0.3) is 0 Å². The predicted molar refractivity (Wildman–Crippen MR) is 71.1 cm³/mol. The second kappa shape index (κ2) is 7.50. The molecule has 2 N–H and O–H groups in total. The first-order chi connectivity index (χ1) is 8.67. The molecule has 0 aliphatic heterocycles. The van der Waals surface area contributed by atoms with E-state index >= 15 is 0 Å². The maximum atomic E-state index is 11.2. The summed E-state index contributed by atoms with van der Waals surface area (Å²) in [5.41, 5.74) is 1.01. The van der Waals surface area contributed by atoms with Crippen molar-refractivity contribution in [3.63, 3.8) is 0 Å². The molecular formula is C14H19NO3. The summed E-state index contributed by atoms with van der Waals surface area (Å²) in [6.45, 7) is 1.85. The summed E-state index contributed by atoms with van der Waals surface area (Å²) in [5, 5.41) is 12.4. The Hall–Kier alpha value is -1.81. The molecule has 4 heteroatoms. The third-order valence-corrected chi connectivity index (χ3v) is 2.60. The van der Waals surface area contributed by atoms with E-state index in [4.69, 9.17) is 0 Å². The zero-order valence-corrected chi connectivity index (χ0v) is 10.7. The van der Waals surface area contributed by atoms with Gasteiger partial charge in [0.05, 0.1) is 19.3 Å². The van der Waals surface area contributed by atoms with E-state index in [0.29, 0.717) is 6.42 Å². The Balaban J connectivity index is 2.72. The van der Waals surface area contributed by atoms with Crippen LogP contribution >= 0.6 is 0 Å². The molecule has 0 unspecified atom stereocenters. The molecule has 4 nitrogen and oxygen atoms in total. The Morgan fingerprint density at radius 1 is 1.44 bits per heavy atom. The number of hydrogen-bond donors (Lipinski definition) is 2. The Labute approximate surface area is 107 Å². The molecule has 0 saturated heterocycles. The van der Waals surface area contributed by atoms with Gasteiger partial charge < -0.3 is 15.2 Å². The van der Waals surface area contributed by atoms with Crippen LogP contribution < -0.4 is 5.32 Å². The van der Waals surface area contributed by atoms with Crippen molar-refractivity contribution < 1.29 is 14.6 Å². The molecule has 0 aliphatic rings. The SMILES string of the molecule is CC[C@H](O)[C@@H](/C=C/c1ccccc1)NC(=O)OC. The molecule has 98 valence electrons. The fraction of sp³-hybridized carbons (Fsp3) is 0.357. The number of nitrogens with one attached hydrogen (secondary N) is 1.